The molecule has 1 fully saturated rings. The summed E-state index contributed by atoms with van der Waals surface area (Å²) in [7, 11) is 0. The summed E-state index contributed by atoms with van der Waals surface area (Å²) in [6.45, 7) is 4.10. The van der Waals surface area contributed by atoms with Crippen molar-refractivity contribution in [1.82, 2.24) is 30.8 Å². The summed E-state index contributed by atoms with van der Waals surface area (Å²) in [4.78, 5) is 12.2. The number of piperidine rings is 1. The Morgan fingerprint density at radius 2 is 2.17 bits per heavy atom. The quantitative estimate of drug-likeness (QED) is 0.860. The number of amides is 1. The number of carbonyl (C=O) groups excluding carboxylic acids is 1. The van der Waals surface area contributed by atoms with Crippen LogP contribution in [0.3, 0.4) is 0 Å². The van der Waals surface area contributed by atoms with Crippen LogP contribution < -0.4 is 10.6 Å². The van der Waals surface area contributed by atoms with Crippen molar-refractivity contribution in [1.29, 1.82) is 0 Å². The second-order valence-electron chi connectivity index (χ2n) is 5.74. The van der Waals surface area contributed by atoms with Crippen molar-refractivity contribution in [3.05, 3.63) is 36.2 Å². The predicted octanol–water partition coefficient (Wildman–Crippen LogP) is 0.741. The number of nitrogens with zero attached hydrogens (tertiary/aromatic N) is 4. The standard InChI is InChI=1S/C15H20N6O.ClH/c1-11-9-16-7-6-14(11)18-15(22)8-12-2-4-13(5-3-12)21-10-17-19-20-21;/h2-5,10-11,14,16H,6-9H2,1H3,(H,18,22);1H. The van der Waals surface area contributed by atoms with E-state index in [-0.39, 0.29) is 24.4 Å². The highest BCUT2D eigenvalue weighted by molar-refractivity contribution is 5.85. The van der Waals surface area contributed by atoms with Crippen molar-refractivity contribution in [2.24, 2.45) is 5.92 Å². The van der Waals surface area contributed by atoms with Crippen molar-refractivity contribution in [3.63, 3.8) is 0 Å². The normalized spacial score (nSPS) is 20.6. The summed E-state index contributed by atoms with van der Waals surface area (Å²) in [6, 6.07) is 7.96. The van der Waals surface area contributed by atoms with E-state index in [9.17, 15) is 4.79 Å². The molecule has 1 aliphatic rings. The van der Waals surface area contributed by atoms with Crippen LogP contribution in [-0.4, -0.2) is 45.2 Å². The van der Waals surface area contributed by atoms with Crippen molar-refractivity contribution < 1.29 is 4.79 Å². The second-order valence-corrected chi connectivity index (χ2v) is 5.74. The fourth-order valence-electron chi connectivity index (χ4n) is 2.72. The van der Waals surface area contributed by atoms with E-state index >= 15 is 0 Å². The molecule has 3 rings (SSSR count). The molecule has 1 saturated heterocycles. The fraction of sp³-hybridized carbons (Fsp3) is 0.467. The van der Waals surface area contributed by atoms with Crippen LogP contribution in [-0.2, 0) is 11.2 Å². The first-order valence-electron chi connectivity index (χ1n) is 7.55. The van der Waals surface area contributed by atoms with Crippen molar-refractivity contribution >= 4 is 18.3 Å². The molecule has 2 unspecified atom stereocenters. The molecular formula is C15H21ClN6O. The van der Waals surface area contributed by atoms with Gasteiger partial charge >= 0.3 is 0 Å². The van der Waals surface area contributed by atoms with Crippen LogP contribution in [0.4, 0.5) is 0 Å². The average molecular weight is 337 g/mol. The molecule has 23 heavy (non-hydrogen) atoms. The monoisotopic (exact) mass is 336 g/mol. The molecule has 1 aromatic carbocycles. The number of benzene rings is 1. The number of tetrazole rings is 1. The van der Waals surface area contributed by atoms with Crippen LogP contribution in [0.1, 0.15) is 18.9 Å². The molecule has 1 amide bonds. The van der Waals surface area contributed by atoms with Crippen molar-refractivity contribution in [2.75, 3.05) is 13.1 Å². The number of aromatic nitrogens is 4. The summed E-state index contributed by atoms with van der Waals surface area (Å²) in [5.74, 6) is 0.550. The molecule has 0 radical (unpaired) electrons. The summed E-state index contributed by atoms with van der Waals surface area (Å²) < 4.78 is 1.58. The van der Waals surface area contributed by atoms with Crippen molar-refractivity contribution in [3.8, 4) is 5.69 Å². The van der Waals surface area contributed by atoms with Crippen LogP contribution >= 0.6 is 12.4 Å². The highest BCUT2D eigenvalue weighted by atomic mass is 35.5. The van der Waals surface area contributed by atoms with Gasteiger partial charge in [0.1, 0.15) is 6.33 Å². The third-order valence-electron chi connectivity index (χ3n) is 4.05. The minimum Gasteiger partial charge on any atom is -0.353 e. The van der Waals surface area contributed by atoms with Gasteiger partial charge in [0.25, 0.3) is 0 Å². The Morgan fingerprint density at radius 3 is 2.83 bits per heavy atom. The lowest BCUT2D eigenvalue weighted by Crippen LogP contribution is -2.48. The minimum atomic E-state index is 0. The molecule has 124 valence electrons. The number of hydrogen-bond donors (Lipinski definition) is 2. The number of halogens is 1. The molecule has 2 atom stereocenters. The summed E-state index contributed by atoms with van der Waals surface area (Å²) >= 11 is 0. The lowest BCUT2D eigenvalue weighted by molar-refractivity contribution is -0.121. The zero-order valence-corrected chi connectivity index (χ0v) is 13.8. The fourth-order valence-corrected chi connectivity index (χ4v) is 2.72. The molecule has 2 aromatic rings. The Bertz CT molecular complexity index is 615. The van der Waals surface area contributed by atoms with Crippen LogP contribution in [0.2, 0.25) is 0 Å². The molecule has 7 nitrogen and oxygen atoms in total. The Morgan fingerprint density at radius 1 is 1.39 bits per heavy atom. The molecule has 0 spiro atoms. The molecule has 0 saturated carbocycles. The first-order valence-corrected chi connectivity index (χ1v) is 7.55. The first kappa shape index (κ1) is 17.4. The molecule has 0 aliphatic carbocycles. The maximum absolute atomic E-state index is 12.2. The third-order valence-corrected chi connectivity index (χ3v) is 4.05. The number of hydrogen-bond acceptors (Lipinski definition) is 5. The average Bonchev–Trinajstić information content (AvgIpc) is 3.05. The Labute approximate surface area is 141 Å². The topological polar surface area (TPSA) is 84.7 Å². The number of carbonyl (C=O) groups is 1. The largest absolute Gasteiger partial charge is 0.353 e. The van der Waals surface area contributed by atoms with E-state index in [1.165, 1.54) is 0 Å². The highest BCUT2D eigenvalue weighted by Crippen LogP contribution is 2.12. The second kappa shape index (κ2) is 8.03. The zero-order chi connectivity index (χ0) is 15.4. The number of rotatable bonds is 4. The summed E-state index contributed by atoms with van der Waals surface area (Å²) in [5.41, 5.74) is 1.86. The highest BCUT2D eigenvalue weighted by Gasteiger charge is 2.22. The Kier molecular flexibility index (Phi) is 6.06. The lowest BCUT2D eigenvalue weighted by atomic mass is 9.95. The Hall–Kier alpha value is -1.99. The molecule has 8 heteroatoms. The van der Waals surface area contributed by atoms with E-state index in [1.54, 1.807) is 11.0 Å². The number of nitrogens with one attached hydrogen (secondary N) is 2. The van der Waals surface area contributed by atoms with E-state index in [1.807, 2.05) is 24.3 Å². The maximum Gasteiger partial charge on any atom is 0.224 e. The summed E-state index contributed by atoms with van der Waals surface area (Å²) in [5, 5.41) is 17.5. The Balaban J connectivity index is 0.00000192. The molecule has 0 bridgehead atoms. The van der Waals surface area contributed by atoms with Gasteiger partial charge in [0.05, 0.1) is 12.1 Å². The molecular weight excluding hydrogens is 316 g/mol. The van der Waals surface area contributed by atoms with Gasteiger partial charge in [-0.25, -0.2) is 4.68 Å². The first-order chi connectivity index (χ1) is 10.7. The van der Waals surface area contributed by atoms with Crippen LogP contribution in [0.15, 0.2) is 30.6 Å². The minimum absolute atomic E-state index is 0. The van der Waals surface area contributed by atoms with Crippen LogP contribution in [0.5, 0.6) is 0 Å². The van der Waals surface area contributed by atoms with Crippen LogP contribution in [0.25, 0.3) is 5.69 Å². The van der Waals surface area contributed by atoms with E-state index < -0.39 is 0 Å². The maximum atomic E-state index is 12.2. The van der Waals surface area contributed by atoms with Gasteiger partial charge in [-0.2, -0.15) is 0 Å². The van der Waals surface area contributed by atoms with Crippen molar-refractivity contribution in [2.45, 2.75) is 25.8 Å². The molecule has 2 N–H and O–H groups in total. The summed E-state index contributed by atoms with van der Waals surface area (Å²) in [6.07, 6.45) is 2.93. The molecule has 1 aromatic heterocycles. The van der Waals surface area contributed by atoms with Gasteiger partial charge < -0.3 is 10.6 Å². The van der Waals surface area contributed by atoms with Gasteiger partial charge in [0, 0.05) is 6.04 Å². The van der Waals surface area contributed by atoms with Crippen LogP contribution in [0, 0.1) is 5.92 Å². The molecule has 2 heterocycles. The van der Waals surface area contributed by atoms with Gasteiger partial charge in [0.15, 0.2) is 0 Å². The third kappa shape index (κ3) is 4.49. The van der Waals surface area contributed by atoms with E-state index in [0.717, 1.165) is 30.8 Å². The van der Waals surface area contributed by atoms with Gasteiger partial charge in [0.2, 0.25) is 5.91 Å². The van der Waals surface area contributed by atoms with Gasteiger partial charge in [-0.05, 0) is 53.6 Å². The van der Waals surface area contributed by atoms with Gasteiger partial charge in [-0.1, -0.05) is 19.1 Å². The van der Waals surface area contributed by atoms with E-state index in [0.29, 0.717) is 12.3 Å². The zero-order valence-electron chi connectivity index (χ0n) is 13.0. The van der Waals surface area contributed by atoms with Gasteiger partial charge in [-0.3, -0.25) is 4.79 Å². The lowest BCUT2D eigenvalue weighted by Gasteiger charge is -2.30. The van der Waals surface area contributed by atoms with Gasteiger partial charge in [-0.15, -0.1) is 17.5 Å². The van der Waals surface area contributed by atoms with E-state index in [4.69, 9.17) is 0 Å². The SMILES string of the molecule is CC1CNCCC1NC(=O)Cc1ccc(-n2cnnn2)cc1.Cl. The van der Waals surface area contributed by atoms with E-state index in [2.05, 4.69) is 33.1 Å². The predicted molar refractivity (Wildman–Crippen MR) is 88.7 cm³/mol. The smallest absolute Gasteiger partial charge is 0.224 e. The molecule has 1 aliphatic heterocycles.